The van der Waals surface area contributed by atoms with Gasteiger partial charge in [-0.15, -0.1) is 0 Å². The maximum absolute atomic E-state index is 13.0. The number of carbonyl (C=O) groups is 3. The lowest BCUT2D eigenvalue weighted by molar-refractivity contribution is -0.136. The van der Waals surface area contributed by atoms with Crippen molar-refractivity contribution in [2.45, 2.75) is 69.3 Å². The predicted octanol–water partition coefficient (Wildman–Crippen LogP) is 3.41. The van der Waals surface area contributed by atoms with E-state index < -0.39 is 11.9 Å². The number of nitrogens with zero attached hydrogens (tertiary/aromatic N) is 4. The van der Waals surface area contributed by atoms with Gasteiger partial charge in [-0.1, -0.05) is 6.07 Å². The molecular formula is C34H37N5O5. The highest BCUT2D eigenvalue weighted by molar-refractivity contribution is 6.05. The predicted molar refractivity (Wildman–Crippen MR) is 163 cm³/mol. The Hall–Kier alpha value is -4.02. The Bertz CT molecular complexity index is 1650. The number of likely N-dealkylation sites (tertiary alicyclic amines) is 1. The summed E-state index contributed by atoms with van der Waals surface area (Å²) in [5, 5.41) is 3.52. The van der Waals surface area contributed by atoms with Gasteiger partial charge in [-0.25, -0.2) is 4.98 Å². The number of fused-ring (bicyclic) bond motifs is 2. The maximum atomic E-state index is 13.0. The average Bonchev–Trinajstić information content (AvgIpc) is 3.82. The summed E-state index contributed by atoms with van der Waals surface area (Å²) in [7, 11) is 0. The number of anilines is 1. The van der Waals surface area contributed by atoms with Crippen LogP contribution in [0, 0.1) is 0 Å². The fraction of sp³-hybridized carbons (Fsp3) is 0.471. The van der Waals surface area contributed by atoms with Crippen LogP contribution in [-0.2, 0) is 27.4 Å². The molecule has 228 valence electrons. The van der Waals surface area contributed by atoms with Crippen molar-refractivity contribution in [3.8, 4) is 5.75 Å². The number of rotatable bonds is 6. The Morgan fingerprint density at radius 1 is 1.02 bits per heavy atom. The van der Waals surface area contributed by atoms with E-state index in [1.54, 1.807) is 11.0 Å². The molecule has 0 radical (unpaired) electrons. The minimum absolute atomic E-state index is 0.0634. The second-order valence-corrected chi connectivity index (χ2v) is 13.0. The Labute approximate surface area is 256 Å². The van der Waals surface area contributed by atoms with Gasteiger partial charge in [0.2, 0.25) is 11.8 Å². The quantitative estimate of drug-likeness (QED) is 0.433. The second kappa shape index (κ2) is 10.9. The van der Waals surface area contributed by atoms with Crippen molar-refractivity contribution < 1.29 is 23.9 Å². The van der Waals surface area contributed by atoms with Crippen LogP contribution in [0.5, 0.6) is 5.75 Å². The highest BCUT2D eigenvalue weighted by Gasteiger charge is 2.44. The number of ether oxygens (including phenoxy) is 2. The smallest absolute Gasteiger partial charge is 0.255 e. The maximum Gasteiger partial charge on any atom is 0.255 e. The molecule has 4 fully saturated rings. The van der Waals surface area contributed by atoms with E-state index in [4.69, 9.17) is 14.5 Å². The van der Waals surface area contributed by atoms with E-state index in [9.17, 15) is 14.4 Å². The van der Waals surface area contributed by atoms with Crippen LogP contribution in [0.15, 0.2) is 48.5 Å². The molecule has 10 heteroatoms. The molecule has 5 aliphatic rings. The van der Waals surface area contributed by atoms with Gasteiger partial charge in [0.1, 0.15) is 23.7 Å². The first-order valence-corrected chi connectivity index (χ1v) is 15.9. The van der Waals surface area contributed by atoms with Gasteiger partial charge in [0, 0.05) is 56.7 Å². The number of nitrogens with one attached hydrogen (secondary N) is 1. The SMILES string of the molecule is O=C1CCC(N2Cc3cc(OC4CCN(Cc5ccc6nc(N7CCCC78CCOC8)ccc6c5)C4)ccc3C2=O)C(=O)N1. The van der Waals surface area contributed by atoms with Crippen LogP contribution in [0.3, 0.4) is 0 Å². The standard InChI is InChI=1S/C34H37N5O5/c40-31-9-7-29(32(41)36-31)38-19-24-17-25(4-5-27(24)33(38)42)44-26-10-14-37(20-26)18-22-2-6-28-23(16-22)3-8-30(35-28)39-13-1-11-34(39)12-15-43-21-34/h2-6,8,16-17,26,29H,1,7,9-15,18-21H2,(H,36,40,41). The number of aromatic nitrogens is 1. The van der Waals surface area contributed by atoms with Crippen molar-refractivity contribution in [2.75, 3.05) is 37.7 Å². The first-order chi connectivity index (χ1) is 21.4. The van der Waals surface area contributed by atoms with Gasteiger partial charge in [-0.3, -0.25) is 24.6 Å². The van der Waals surface area contributed by atoms with E-state index in [2.05, 4.69) is 45.4 Å². The van der Waals surface area contributed by atoms with Crippen molar-refractivity contribution in [1.29, 1.82) is 0 Å². The Morgan fingerprint density at radius 3 is 2.82 bits per heavy atom. The first-order valence-electron chi connectivity index (χ1n) is 15.9. The Balaban J connectivity index is 0.889. The van der Waals surface area contributed by atoms with Gasteiger partial charge in [0.05, 0.1) is 17.7 Å². The van der Waals surface area contributed by atoms with Gasteiger partial charge in [-0.05, 0) is 85.7 Å². The third-order valence-electron chi connectivity index (χ3n) is 10.1. The summed E-state index contributed by atoms with van der Waals surface area (Å²) in [4.78, 5) is 48.4. The fourth-order valence-electron chi connectivity index (χ4n) is 7.83. The van der Waals surface area contributed by atoms with Gasteiger partial charge >= 0.3 is 0 Å². The number of hydrogen-bond acceptors (Lipinski definition) is 8. The molecule has 3 unspecified atom stereocenters. The van der Waals surface area contributed by atoms with Gasteiger partial charge in [0.15, 0.2) is 0 Å². The monoisotopic (exact) mass is 595 g/mol. The van der Waals surface area contributed by atoms with Crippen molar-refractivity contribution in [3.05, 3.63) is 65.2 Å². The van der Waals surface area contributed by atoms with E-state index in [1.807, 2.05) is 12.1 Å². The van der Waals surface area contributed by atoms with Gasteiger partial charge < -0.3 is 19.3 Å². The zero-order valence-corrected chi connectivity index (χ0v) is 24.8. The molecule has 1 spiro atoms. The molecule has 0 aliphatic carbocycles. The van der Waals surface area contributed by atoms with Crippen LogP contribution in [0.2, 0.25) is 0 Å². The van der Waals surface area contributed by atoms with Crippen LogP contribution in [0.25, 0.3) is 10.9 Å². The molecule has 10 nitrogen and oxygen atoms in total. The minimum atomic E-state index is -0.613. The largest absolute Gasteiger partial charge is 0.489 e. The number of benzene rings is 2. The van der Waals surface area contributed by atoms with E-state index in [0.29, 0.717) is 18.5 Å². The van der Waals surface area contributed by atoms with Crippen LogP contribution in [0.4, 0.5) is 5.82 Å². The first kappa shape index (κ1) is 27.5. The van der Waals surface area contributed by atoms with E-state index in [1.165, 1.54) is 18.4 Å². The lowest BCUT2D eigenvalue weighted by Crippen LogP contribution is -2.52. The molecule has 44 heavy (non-hydrogen) atoms. The highest BCUT2D eigenvalue weighted by atomic mass is 16.5. The Morgan fingerprint density at radius 2 is 1.95 bits per heavy atom. The third kappa shape index (κ3) is 4.90. The summed E-state index contributed by atoms with van der Waals surface area (Å²) in [5.41, 5.74) is 3.87. The number of hydrogen-bond donors (Lipinski definition) is 1. The van der Waals surface area contributed by atoms with Crippen LogP contribution < -0.4 is 15.0 Å². The highest BCUT2D eigenvalue weighted by Crippen LogP contribution is 2.39. The summed E-state index contributed by atoms with van der Waals surface area (Å²) in [6.45, 7) is 5.67. The van der Waals surface area contributed by atoms with E-state index >= 15 is 0 Å². The molecule has 4 saturated heterocycles. The number of carbonyl (C=O) groups excluding carboxylic acids is 3. The molecule has 2 aromatic carbocycles. The summed E-state index contributed by atoms with van der Waals surface area (Å²) < 4.78 is 12.1. The van der Waals surface area contributed by atoms with Gasteiger partial charge in [0.25, 0.3) is 5.91 Å². The zero-order chi connectivity index (χ0) is 29.8. The number of amides is 3. The molecule has 0 bridgehead atoms. The van der Waals surface area contributed by atoms with Crippen molar-refractivity contribution >= 4 is 34.4 Å². The van der Waals surface area contributed by atoms with Crippen molar-refractivity contribution in [1.82, 2.24) is 20.1 Å². The van der Waals surface area contributed by atoms with Crippen LogP contribution in [-0.4, -0.2) is 83.0 Å². The summed E-state index contributed by atoms with van der Waals surface area (Å²) in [6.07, 6.45) is 5.05. The minimum Gasteiger partial charge on any atom is -0.489 e. The van der Waals surface area contributed by atoms with Crippen LogP contribution in [0.1, 0.15) is 60.0 Å². The average molecular weight is 596 g/mol. The second-order valence-electron chi connectivity index (χ2n) is 13.0. The van der Waals surface area contributed by atoms with E-state index in [-0.39, 0.29) is 29.9 Å². The molecule has 0 saturated carbocycles. The molecule has 5 aliphatic heterocycles. The number of piperidine rings is 1. The lowest BCUT2D eigenvalue weighted by atomic mass is 9.95. The van der Waals surface area contributed by atoms with E-state index in [0.717, 1.165) is 80.3 Å². The molecular weight excluding hydrogens is 558 g/mol. The number of pyridine rings is 1. The molecule has 3 atom stereocenters. The number of imide groups is 1. The molecule has 3 aromatic rings. The summed E-state index contributed by atoms with van der Waals surface area (Å²) in [5.74, 6) is 0.955. The fourth-order valence-corrected chi connectivity index (χ4v) is 7.83. The third-order valence-corrected chi connectivity index (χ3v) is 10.1. The topological polar surface area (TPSA) is 104 Å². The van der Waals surface area contributed by atoms with Gasteiger partial charge in [-0.2, -0.15) is 0 Å². The molecule has 6 heterocycles. The summed E-state index contributed by atoms with van der Waals surface area (Å²) >= 11 is 0. The van der Waals surface area contributed by atoms with Crippen molar-refractivity contribution in [2.24, 2.45) is 0 Å². The lowest BCUT2D eigenvalue weighted by Gasteiger charge is -2.34. The molecule has 1 N–H and O–H groups in total. The molecule has 3 amide bonds. The zero-order valence-electron chi connectivity index (χ0n) is 24.8. The molecule has 8 rings (SSSR count). The van der Waals surface area contributed by atoms with Crippen molar-refractivity contribution in [3.63, 3.8) is 0 Å². The summed E-state index contributed by atoms with van der Waals surface area (Å²) in [6, 6.07) is 15.9. The molecule has 1 aromatic heterocycles. The normalized spacial score (nSPS) is 27.1. The Kier molecular flexibility index (Phi) is 6.79. The van der Waals surface area contributed by atoms with Crippen LogP contribution >= 0.6 is 0 Å².